The summed E-state index contributed by atoms with van der Waals surface area (Å²) >= 11 is 0. The molecule has 1 aliphatic rings. The first kappa shape index (κ1) is 13.1. The summed E-state index contributed by atoms with van der Waals surface area (Å²) in [6.45, 7) is -0.000591. The zero-order chi connectivity index (χ0) is 13.8. The highest BCUT2D eigenvalue weighted by atomic mass is 16.4. The molecule has 2 amide bonds. The van der Waals surface area contributed by atoms with Gasteiger partial charge in [0, 0.05) is 12.1 Å². The minimum atomic E-state index is -0.862. The van der Waals surface area contributed by atoms with Crippen LogP contribution in [0.4, 0.5) is 5.69 Å². The fraction of sp³-hybridized carbons (Fsp3) is 0.308. The van der Waals surface area contributed by atoms with Crippen LogP contribution in [0, 0.1) is 0 Å². The van der Waals surface area contributed by atoms with Crippen LogP contribution in [0.25, 0.3) is 0 Å². The van der Waals surface area contributed by atoms with E-state index in [2.05, 4.69) is 5.32 Å². The molecule has 0 aliphatic carbocycles. The van der Waals surface area contributed by atoms with Crippen molar-refractivity contribution in [3.05, 3.63) is 29.8 Å². The van der Waals surface area contributed by atoms with E-state index in [4.69, 9.17) is 5.11 Å². The molecule has 0 spiro atoms. The standard InChI is InChI=1S/C13H14N2O4/c16-11-8-15(12(17)7-14-11)10-3-1-2-9(6-10)4-5-13(18)19/h1-3,6H,4-5,7-8H2,(H,14,16)(H,18,19). The van der Waals surface area contributed by atoms with Gasteiger partial charge in [-0.1, -0.05) is 12.1 Å². The number of carboxylic acids is 1. The number of hydrogen-bond donors (Lipinski definition) is 2. The molecule has 0 radical (unpaired) electrons. The van der Waals surface area contributed by atoms with Crippen molar-refractivity contribution in [2.45, 2.75) is 12.8 Å². The number of carbonyl (C=O) groups excluding carboxylic acids is 2. The summed E-state index contributed by atoms with van der Waals surface area (Å²) in [6, 6.07) is 7.05. The van der Waals surface area contributed by atoms with Crippen LogP contribution in [0.15, 0.2) is 24.3 Å². The second-order valence-corrected chi connectivity index (χ2v) is 4.32. The monoisotopic (exact) mass is 262 g/mol. The third-order valence-electron chi connectivity index (χ3n) is 2.89. The van der Waals surface area contributed by atoms with E-state index in [1.54, 1.807) is 24.3 Å². The molecule has 0 bridgehead atoms. The van der Waals surface area contributed by atoms with Crippen molar-refractivity contribution in [1.82, 2.24) is 5.32 Å². The lowest BCUT2D eigenvalue weighted by molar-refractivity contribution is -0.137. The van der Waals surface area contributed by atoms with Crippen LogP contribution in [-0.2, 0) is 20.8 Å². The predicted molar refractivity (Wildman–Crippen MR) is 67.8 cm³/mol. The molecule has 1 fully saturated rings. The largest absolute Gasteiger partial charge is 0.481 e. The summed E-state index contributed by atoms with van der Waals surface area (Å²) < 4.78 is 0. The second-order valence-electron chi connectivity index (χ2n) is 4.32. The zero-order valence-electron chi connectivity index (χ0n) is 10.3. The summed E-state index contributed by atoms with van der Waals surface area (Å²) in [5.74, 6) is -1.23. The fourth-order valence-corrected chi connectivity index (χ4v) is 1.92. The number of nitrogens with zero attached hydrogens (tertiary/aromatic N) is 1. The summed E-state index contributed by atoms with van der Waals surface area (Å²) in [7, 11) is 0. The summed E-state index contributed by atoms with van der Waals surface area (Å²) in [5, 5.41) is 11.1. The van der Waals surface area contributed by atoms with Gasteiger partial charge < -0.3 is 15.3 Å². The van der Waals surface area contributed by atoms with Crippen LogP contribution >= 0.6 is 0 Å². The van der Waals surface area contributed by atoms with Crippen molar-refractivity contribution in [2.75, 3.05) is 18.0 Å². The molecule has 1 heterocycles. The Hall–Kier alpha value is -2.37. The van der Waals surface area contributed by atoms with Gasteiger partial charge in [-0.15, -0.1) is 0 Å². The highest BCUT2D eigenvalue weighted by molar-refractivity contribution is 6.04. The first-order valence-electron chi connectivity index (χ1n) is 5.94. The van der Waals surface area contributed by atoms with E-state index in [0.29, 0.717) is 12.1 Å². The molecular formula is C13H14N2O4. The molecule has 0 unspecified atom stereocenters. The van der Waals surface area contributed by atoms with Crippen LogP contribution in [0.3, 0.4) is 0 Å². The van der Waals surface area contributed by atoms with Gasteiger partial charge in [-0.3, -0.25) is 14.4 Å². The van der Waals surface area contributed by atoms with E-state index in [9.17, 15) is 14.4 Å². The summed E-state index contributed by atoms with van der Waals surface area (Å²) in [6.07, 6.45) is 0.440. The minimum Gasteiger partial charge on any atom is -0.481 e. The molecule has 0 saturated carbocycles. The van der Waals surface area contributed by atoms with E-state index in [1.165, 1.54) is 4.90 Å². The number of carbonyl (C=O) groups is 3. The van der Waals surface area contributed by atoms with E-state index in [0.717, 1.165) is 5.56 Å². The van der Waals surface area contributed by atoms with Gasteiger partial charge in [0.05, 0.1) is 6.54 Å². The van der Waals surface area contributed by atoms with Crippen LogP contribution in [0.5, 0.6) is 0 Å². The fourth-order valence-electron chi connectivity index (χ4n) is 1.92. The Bertz CT molecular complexity index is 527. The smallest absolute Gasteiger partial charge is 0.303 e. The molecule has 6 heteroatoms. The van der Waals surface area contributed by atoms with Crippen molar-refractivity contribution >= 4 is 23.5 Å². The number of piperazine rings is 1. The molecule has 6 nitrogen and oxygen atoms in total. The molecule has 100 valence electrons. The first-order valence-corrected chi connectivity index (χ1v) is 5.94. The van der Waals surface area contributed by atoms with Crippen molar-refractivity contribution in [3.8, 4) is 0 Å². The van der Waals surface area contributed by atoms with Crippen LogP contribution < -0.4 is 10.2 Å². The minimum absolute atomic E-state index is 0.00121. The van der Waals surface area contributed by atoms with Crippen molar-refractivity contribution in [1.29, 1.82) is 0 Å². The Balaban J connectivity index is 2.15. The van der Waals surface area contributed by atoms with Gasteiger partial charge in [-0.25, -0.2) is 0 Å². The lowest BCUT2D eigenvalue weighted by atomic mass is 10.1. The number of aryl methyl sites for hydroxylation is 1. The molecular weight excluding hydrogens is 248 g/mol. The number of hydrogen-bond acceptors (Lipinski definition) is 3. The van der Waals surface area contributed by atoms with Crippen LogP contribution in [0.2, 0.25) is 0 Å². The van der Waals surface area contributed by atoms with Gasteiger partial charge in [0.2, 0.25) is 11.8 Å². The van der Waals surface area contributed by atoms with Crippen LogP contribution in [-0.4, -0.2) is 36.0 Å². The second kappa shape index (κ2) is 5.51. The summed E-state index contributed by atoms with van der Waals surface area (Å²) in [5.41, 5.74) is 1.46. The maximum absolute atomic E-state index is 11.7. The number of nitrogens with one attached hydrogen (secondary N) is 1. The Morgan fingerprint density at radius 2 is 2.16 bits per heavy atom. The molecule has 2 N–H and O–H groups in total. The van der Waals surface area contributed by atoms with Crippen molar-refractivity contribution in [3.63, 3.8) is 0 Å². The molecule has 2 rings (SSSR count). The molecule has 1 aromatic rings. The molecule has 0 aromatic heterocycles. The van der Waals surface area contributed by atoms with Crippen molar-refractivity contribution in [2.24, 2.45) is 0 Å². The van der Waals surface area contributed by atoms with E-state index >= 15 is 0 Å². The zero-order valence-corrected chi connectivity index (χ0v) is 10.3. The topological polar surface area (TPSA) is 86.7 Å². The number of aliphatic carboxylic acids is 1. The third-order valence-corrected chi connectivity index (χ3v) is 2.89. The van der Waals surface area contributed by atoms with E-state index in [-0.39, 0.29) is 31.3 Å². The highest BCUT2D eigenvalue weighted by Crippen LogP contribution is 2.18. The SMILES string of the molecule is O=C(O)CCc1cccc(N2CC(=O)NCC2=O)c1. The Morgan fingerprint density at radius 1 is 1.37 bits per heavy atom. The lowest BCUT2D eigenvalue weighted by Crippen LogP contribution is -2.51. The number of carboxylic acid groups (broad SMARTS) is 1. The van der Waals surface area contributed by atoms with Gasteiger partial charge in [0.15, 0.2) is 0 Å². The maximum atomic E-state index is 11.7. The lowest BCUT2D eigenvalue weighted by Gasteiger charge is -2.27. The third kappa shape index (κ3) is 3.31. The molecule has 1 saturated heterocycles. The Labute approximate surface area is 110 Å². The van der Waals surface area contributed by atoms with Crippen molar-refractivity contribution < 1.29 is 19.5 Å². The number of rotatable bonds is 4. The van der Waals surface area contributed by atoms with Gasteiger partial charge >= 0.3 is 5.97 Å². The van der Waals surface area contributed by atoms with Gasteiger partial charge in [0.1, 0.15) is 6.54 Å². The first-order chi connectivity index (χ1) is 9.06. The van der Waals surface area contributed by atoms with Gasteiger partial charge in [-0.2, -0.15) is 0 Å². The van der Waals surface area contributed by atoms with Gasteiger partial charge in [0.25, 0.3) is 0 Å². The van der Waals surface area contributed by atoms with E-state index < -0.39 is 5.97 Å². The molecule has 0 atom stereocenters. The molecule has 19 heavy (non-hydrogen) atoms. The Morgan fingerprint density at radius 3 is 2.89 bits per heavy atom. The highest BCUT2D eigenvalue weighted by Gasteiger charge is 2.24. The average molecular weight is 262 g/mol. The van der Waals surface area contributed by atoms with E-state index in [1.807, 2.05) is 0 Å². The maximum Gasteiger partial charge on any atom is 0.303 e. The normalized spacial score (nSPS) is 15.3. The molecule has 1 aromatic carbocycles. The number of benzene rings is 1. The quantitative estimate of drug-likeness (QED) is 0.809. The number of anilines is 1. The predicted octanol–water partition coefficient (Wildman–Crippen LogP) is 0.167. The Kier molecular flexibility index (Phi) is 3.79. The van der Waals surface area contributed by atoms with Crippen LogP contribution in [0.1, 0.15) is 12.0 Å². The summed E-state index contributed by atoms with van der Waals surface area (Å²) in [4.78, 5) is 35.0. The van der Waals surface area contributed by atoms with Gasteiger partial charge in [-0.05, 0) is 24.1 Å². The average Bonchev–Trinajstić information content (AvgIpc) is 2.39. The number of amides is 2. The molecule has 1 aliphatic heterocycles.